The van der Waals surface area contributed by atoms with Crippen LogP contribution in [0, 0.1) is 6.92 Å². The molecule has 1 aliphatic heterocycles. The Balaban J connectivity index is 1.57. The number of quaternary nitrogens is 1. The molecule has 1 N–H and O–H groups in total. The normalized spacial score (nSPS) is 15.8. The van der Waals surface area contributed by atoms with Gasteiger partial charge in [-0.3, -0.25) is 9.78 Å². The highest BCUT2D eigenvalue weighted by molar-refractivity contribution is 5.94. The van der Waals surface area contributed by atoms with Crippen LogP contribution in [0.25, 0.3) is 0 Å². The fourth-order valence-electron chi connectivity index (χ4n) is 2.96. The van der Waals surface area contributed by atoms with Gasteiger partial charge in [-0.05, 0) is 24.6 Å². The zero-order chi connectivity index (χ0) is 15.4. The van der Waals surface area contributed by atoms with Gasteiger partial charge in [-0.1, -0.05) is 24.3 Å². The van der Waals surface area contributed by atoms with Gasteiger partial charge in [0, 0.05) is 23.5 Å². The number of amides is 1. The lowest BCUT2D eigenvalue weighted by molar-refractivity contribution is -0.917. The van der Waals surface area contributed by atoms with Crippen LogP contribution >= 0.6 is 0 Å². The maximum Gasteiger partial charge on any atom is 0.254 e. The molecule has 0 aliphatic carbocycles. The molecule has 2 heterocycles. The number of hydrogen-bond acceptors (Lipinski definition) is 2. The van der Waals surface area contributed by atoms with Gasteiger partial charge >= 0.3 is 0 Å². The monoisotopic (exact) mass is 296 g/mol. The van der Waals surface area contributed by atoms with E-state index in [1.807, 2.05) is 4.90 Å². The van der Waals surface area contributed by atoms with Gasteiger partial charge in [0.25, 0.3) is 5.91 Å². The molecule has 114 valence electrons. The van der Waals surface area contributed by atoms with Gasteiger partial charge < -0.3 is 9.80 Å². The third-order valence-corrected chi connectivity index (χ3v) is 4.39. The first-order valence-electron chi connectivity index (χ1n) is 7.81. The molecule has 0 atom stereocenters. The van der Waals surface area contributed by atoms with Gasteiger partial charge in [-0.2, -0.15) is 0 Å². The summed E-state index contributed by atoms with van der Waals surface area (Å²) in [6, 6.07) is 12.1. The Morgan fingerprint density at radius 1 is 1.14 bits per heavy atom. The number of aryl methyl sites for hydroxylation is 1. The molecule has 4 heteroatoms. The number of carbonyl (C=O) groups is 1. The standard InChI is InChI=1S/C18H21N3O/c1-15-4-2-3-5-17(15)14-20-10-12-21(13-11-20)18(22)16-6-8-19-9-7-16/h2-9H,10-14H2,1H3/p+1. The summed E-state index contributed by atoms with van der Waals surface area (Å²) < 4.78 is 0. The van der Waals surface area contributed by atoms with Crippen molar-refractivity contribution in [1.82, 2.24) is 9.88 Å². The van der Waals surface area contributed by atoms with Crippen molar-refractivity contribution in [2.75, 3.05) is 26.2 Å². The molecule has 1 aromatic carbocycles. The number of aromatic nitrogens is 1. The summed E-state index contributed by atoms with van der Waals surface area (Å²) in [6.45, 7) is 6.86. The van der Waals surface area contributed by atoms with Crippen molar-refractivity contribution in [3.05, 3.63) is 65.5 Å². The van der Waals surface area contributed by atoms with Crippen LogP contribution in [0.15, 0.2) is 48.8 Å². The van der Waals surface area contributed by atoms with E-state index in [9.17, 15) is 4.79 Å². The van der Waals surface area contributed by atoms with Crippen LogP contribution in [0.1, 0.15) is 21.5 Å². The first-order chi connectivity index (χ1) is 10.7. The average molecular weight is 296 g/mol. The Bertz CT molecular complexity index is 634. The number of benzene rings is 1. The van der Waals surface area contributed by atoms with E-state index in [0.29, 0.717) is 0 Å². The van der Waals surface area contributed by atoms with Gasteiger partial charge in [0.15, 0.2) is 0 Å². The van der Waals surface area contributed by atoms with Crippen LogP contribution in [0.5, 0.6) is 0 Å². The molecule has 0 bridgehead atoms. The Labute approximate surface area is 131 Å². The van der Waals surface area contributed by atoms with Crippen molar-refractivity contribution in [3.8, 4) is 0 Å². The van der Waals surface area contributed by atoms with Crippen LogP contribution in [-0.2, 0) is 6.54 Å². The summed E-state index contributed by atoms with van der Waals surface area (Å²) in [5.74, 6) is 0.123. The molecule has 0 spiro atoms. The van der Waals surface area contributed by atoms with Crippen LogP contribution in [0.2, 0.25) is 0 Å². The second kappa shape index (κ2) is 6.71. The Morgan fingerprint density at radius 3 is 2.50 bits per heavy atom. The summed E-state index contributed by atoms with van der Waals surface area (Å²) in [5, 5.41) is 0. The van der Waals surface area contributed by atoms with E-state index in [1.165, 1.54) is 11.1 Å². The van der Waals surface area contributed by atoms with E-state index < -0.39 is 0 Å². The molecular weight excluding hydrogens is 274 g/mol. The van der Waals surface area contributed by atoms with Gasteiger partial charge in [0.05, 0.1) is 26.2 Å². The number of piperazine rings is 1. The quantitative estimate of drug-likeness (QED) is 0.915. The van der Waals surface area contributed by atoms with Crippen molar-refractivity contribution in [3.63, 3.8) is 0 Å². The molecule has 22 heavy (non-hydrogen) atoms. The lowest BCUT2D eigenvalue weighted by Crippen LogP contribution is -3.13. The van der Waals surface area contributed by atoms with Gasteiger partial charge in [-0.25, -0.2) is 0 Å². The number of carbonyl (C=O) groups excluding carboxylic acids is 1. The summed E-state index contributed by atoms with van der Waals surface area (Å²) in [4.78, 5) is 19.9. The summed E-state index contributed by atoms with van der Waals surface area (Å²) in [5.41, 5.74) is 3.49. The third kappa shape index (κ3) is 3.34. The zero-order valence-corrected chi connectivity index (χ0v) is 13.0. The summed E-state index contributed by atoms with van der Waals surface area (Å²) in [6.07, 6.45) is 3.35. The third-order valence-electron chi connectivity index (χ3n) is 4.39. The maximum atomic E-state index is 12.4. The number of nitrogens with one attached hydrogen (secondary N) is 1. The fraction of sp³-hybridized carbons (Fsp3) is 0.333. The largest absolute Gasteiger partial charge is 0.328 e. The van der Waals surface area contributed by atoms with E-state index in [1.54, 1.807) is 29.4 Å². The summed E-state index contributed by atoms with van der Waals surface area (Å²) >= 11 is 0. The Morgan fingerprint density at radius 2 is 1.82 bits per heavy atom. The average Bonchev–Trinajstić information content (AvgIpc) is 2.58. The molecule has 1 fully saturated rings. The predicted molar refractivity (Wildman–Crippen MR) is 85.7 cm³/mol. The molecule has 4 nitrogen and oxygen atoms in total. The first-order valence-corrected chi connectivity index (χ1v) is 7.81. The number of pyridine rings is 1. The fourth-order valence-corrected chi connectivity index (χ4v) is 2.96. The molecule has 1 amide bonds. The summed E-state index contributed by atoms with van der Waals surface area (Å²) in [7, 11) is 0. The smallest absolute Gasteiger partial charge is 0.254 e. The van der Waals surface area contributed by atoms with E-state index in [-0.39, 0.29) is 5.91 Å². The maximum absolute atomic E-state index is 12.4. The minimum atomic E-state index is 0.123. The van der Waals surface area contributed by atoms with Crippen molar-refractivity contribution >= 4 is 5.91 Å². The Hall–Kier alpha value is -2.20. The van der Waals surface area contributed by atoms with Crippen LogP contribution in [0.4, 0.5) is 0 Å². The van der Waals surface area contributed by atoms with Gasteiger partial charge in [-0.15, -0.1) is 0 Å². The number of nitrogens with zero attached hydrogens (tertiary/aromatic N) is 2. The van der Waals surface area contributed by atoms with Crippen LogP contribution < -0.4 is 4.90 Å². The van der Waals surface area contributed by atoms with E-state index in [0.717, 1.165) is 38.3 Å². The molecule has 1 aromatic heterocycles. The van der Waals surface area contributed by atoms with Crippen LogP contribution in [0.3, 0.4) is 0 Å². The molecule has 3 rings (SSSR count). The minimum absolute atomic E-state index is 0.123. The minimum Gasteiger partial charge on any atom is -0.328 e. The highest BCUT2D eigenvalue weighted by atomic mass is 16.2. The van der Waals surface area contributed by atoms with Gasteiger partial charge in [0.2, 0.25) is 0 Å². The second-order valence-corrected chi connectivity index (χ2v) is 5.88. The van der Waals surface area contributed by atoms with Crippen molar-refractivity contribution in [1.29, 1.82) is 0 Å². The molecule has 0 saturated carbocycles. The highest BCUT2D eigenvalue weighted by Crippen LogP contribution is 2.06. The van der Waals surface area contributed by atoms with Crippen molar-refractivity contribution in [2.45, 2.75) is 13.5 Å². The molecule has 1 saturated heterocycles. The molecule has 0 unspecified atom stereocenters. The first kappa shape index (κ1) is 14.7. The number of rotatable bonds is 3. The van der Waals surface area contributed by atoms with Crippen molar-refractivity contribution < 1.29 is 9.69 Å². The molecule has 2 aromatic rings. The van der Waals surface area contributed by atoms with Crippen molar-refractivity contribution in [2.24, 2.45) is 0 Å². The lowest BCUT2D eigenvalue weighted by atomic mass is 10.1. The van der Waals surface area contributed by atoms with E-state index in [2.05, 4.69) is 36.2 Å². The second-order valence-electron chi connectivity index (χ2n) is 5.88. The predicted octanol–water partition coefficient (Wildman–Crippen LogP) is 0.931. The molecule has 0 radical (unpaired) electrons. The molecular formula is C18H22N3O+. The Kier molecular flexibility index (Phi) is 4.49. The van der Waals surface area contributed by atoms with E-state index >= 15 is 0 Å². The van der Waals surface area contributed by atoms with Gasteiger partial charge in [0.1, 0.15) is 6.54 Å². The SMILES string of the molecule is Cc1ccccc1C[NH+]1CCN(C(=O)c2ccncc2)CC1. The zero-order valence-electron chi connectivity index (χ0n) is 13.0. The van der Waals surface area contributed by atoms with Crippen LogP contribution in [-0.4, -0.2) is 42.0 Å². The highest BCUT2D eigenvalue weighted by Gasteiger charge is 2.24. The number of hydrogen-bond donors (Lipinski definition) is 1. The van der Waals surface area contributed by atoms with E-state index in [4.69, 9.17) is 0 Å². The lowest BCUT2D eigenvalue weighted by Gasteiger charge is -2.32. The topological polar surface area (TPSA) is 37.6 Å². The molecule has 1 aliphatic rings.